The Morgan fingerprint density at radius 2 is 1.84 bits per heavy atom. The minimum atomic E-state index is -0.375. The molecule has 3 atom stereocenters. The van der Waals surface area contributed by atoms with Gasteiger partial charge >= 0.3 is 0 Å². The van der Waals surface area contributed by atoms with Crippen molar-refractivity contribution in [3.05, 3.63) is 29.8 Å². The number of aliphatic hydroxyl groups is 1. The zero-order valence-electron chi connectivity index (χ0n) is 11.9. The first-order valence-corrected chi connectivity index (χ1v) is 7.81. The van der Waals surface area contributed by atoms with Crippen LogP contribution in [0.4, 0.5) is 5.69 Å². The van der Waals surface area contributed by atoms with Crippen molar-refractivity contribution in [2.24, 2.45) is 5.92 Å². The Bertz CT molecular complexity index is 427. The number of fused-ring (bicyclic) bond motifs is 1. The predicted octanol–water partition coefficient (Wildman–Crippen LogP) is 3.90. The van der Waals surface area contributed by atoms with Crippen LogP contribution in [0, 0.1) is 5.92 Å². The number of anilines is 1. The van der Waals surface area contributed by atoms with E-state index in [1.807, 2.05) is 13.0 Å². The van der Waals surface area contributed by atoms with Gasteiger partial charge in [0.25, 0.3) is 0 Å². The summed E-state index contributed by atoms with van der Waals surface area (Å²) in [6, 6.07) is 9.12. The van der Waals surface area contributed by atoms with Crippen LogP contribution >= 0.6 is 0 Å². The third-order valence-electron chi connectivity index (χ3n) is 4.94. The van der Waals surface area contributed by atoms with Crippen molar-refractivity contribution < 1.29 is 5.11 Å². The average Bonchev–Trinajstić information content (AvgIpc) is 2.46. The van der Waals surface area contributed by atoms with E-state index in [2.05, 4.69) is 23.1 Å². The first kappa shape index (κ1) is 13.0. The third kappa shape index (κ3) is 2.51. The number of hydrogen-bond acceptors (Lipinski definition) is 2. The highest BCUT2D eigenvalue weighted by molar-refractivity contribution is 5.55. The second-order valence-corrected chi connectivity index (χ2v) is 6.18. The molecule has 1 saturated carbocycles. The number of rotatable bonds is 2. The summed E-state index contributed by atoms with van der Waals surface area (Å²) in [4.78, 5) is 2.59. The molecule has 1 heterocycles. The molecule has 1 N–H and O–H groups in total. The van der Waals surface area contributed by atoms with Crippen LogP contribution in [-0.2, 0) is 0 Å². The van der Waals surface area contributed by atoms with E-state index < -0.39 is 0 Å². The molecule has 0 aromatic heterocycles. The molecule has 2 nitrogen and oxygen atoms in total. The maximum Gasteiger partial charge on any atom is 0.0781 e. The number of para-hydroxylation sites is 1. The van der Waals surface area contributed by atoms with Crippen LogP contribution in [0.5, 0.6) is 0 Å². The Balaban J connectivity index is 1.91. The molecule has 2 heteroatoms. The fourth-order valence-corrected chi connectivity index (χ4v) is 4.03. The summed E-state index contributed by atoms with van der Waals surface area (Å²) in [5, 5.41) is 10.0. The first-order valence-electron chi connectivity index (χ1n) is 7.81. The Morgan fingerprint density at radius 3 is 2.68 bits per heavy atom. The van der Waals surface area contributed by atoms with Gasteiger partial charge in [-0.05, 0) is 44.6 Å². The number of nitrogens with zero attached hydrogens (tertiary/aromatic N) is 1. The molecule has 2 fully saturated rings. The van der Waals surface area contributed by atoms with Crippen molar-refractivity contribution in [1.82, 2.24) is 0 Å². The van der Waals surface area contributed by atoms with E-state index in [1.165, 1.54) is 44.2 Å². The van der Waals surface area contributed by atoms with Gasteiger partial charge in [0.2, 0.25) is 0 Å². The van der Waals surface area contributed by atoms with E-state index in [0.717, 1.165) is 18.0 Å². The van der Waals surface area contributed by atoms with E-state index in [4.69, 9.17) is 0 Å². The van der Waals surface area contributed by atoms with Crippen LogP contribution in [0.3, 0.4) is 0 Å². The van der Waals surface area contributed by atoms with Crippen LogP contribution in [0.15, 0.2) is 24.3 Å². The van der Waals surface area contributed by atoms with Gasteiger partial charge in [0.15, 0.2) is 0 Å². The second kappa shape index (κ2) is 5.54. The fraction of sp³-hybridized carbons (Fsp3) is 0.647. The molecule has 1 saturated heterocycles. The van der Waals surface area contributed by atoms with Crippen molar-refractivity contribution in [2.75, 3.05) is 11.4 Å². The number of piperidine rings is 1. The Labute approximate surface area is 116 Å². The van der Waals surface area contributed by atoms with Crippen molar-refractivity contribution >= 4 is 5.69 Å². The molecule has 104 valence electrons. The fourth-order valence-electron chi connectivity index (χ4n) is 4.03. The maximum atomic E-state index is 10.0. The summed E-state index contributed by atoms with van der Waals surface area (Å²) >= 11 is 0. The highest BCUT2D eigenvalue weighted by Crippen LogP contribution is 2.39. The van der Waals surface area contributed by atoms with Crippen molar-refractivity contribution in [3.8, 4) is 0 Å². The summed E-state index contributed by atoms with van der Waals surface area (Å²) in [6.07, 6.45) is 7.84. The summed E-state index contributed by atoms with van der Waals surface area (Å²) in [7, 11) is 0. The molecule has 1 aromatic rings. The number of hydrogen-bond donors (Lipinski definition) is 1. The normalized spacial score (nSPS) is 28.8. The van der Waals surface area contributed by atoms with Gasteiger partial charge in [-0.15, -0.1) is 0 Å². The lowest BCUT2D eigenvalue weighted by Gasteiger charge is -2.46. The Hall–Kier alpha value is -1.02. The Morgan fingerprint density at radius 1 is 1.11 bits per heavy atom. The molecule has 0 spiro atoms. The molecule has 1 aliphatic carbocycles. The summed E-state index contributed by atoms with van der Waals surface area (Å²) in [6.45, 7) is 3.03. The topological polar surface area (TPSA) is 23.5 Å². The quantitative estimate of drug-likeness (QED) is 0.870. The van der Waals surface area contributed by atoms with Gasteiger partial charge in [0.05, 0.1) is 6.10 Å². The molecule has 1 aliphatic heterocycles. The van der Waals surface area contributed by atoms with E-state index in [9.17, 15) is 5.11 Å². The lowest BCUT2D eigenvalue weighted by atomic mass is 9.78. The van der Waals surface area contributed by atoms with Crippen LogP contribution in [-0.4, -0.2) is 17.7 Å². The monoisotopic (exact) mass is 259 g/mol. The van der Waals surface area contributed by atoms with Gasteiger partial charge in [-0.3, -0.25) is 0 Å². The molecule has 0 unspecified atom stereocenters. The van der Waals surface area contributed by atoms with Crippen molar-refractivity contribution in [2.45, 2.75) is 57.6 Å². The van der Waals surface area contributed by atoms with Crippen LogP contribution in [0.2, 0.25) is 0 Å². The van der Waals surface area contributed by atoms with E-state index in [1.54, 1.807) is 0 Å². The summed E-state index contributed by atoms with van der Waals surface area (Å²) in [5.74, 6) is 0.879. The van der Waals surface area contributed by atoms with Crippen molar-refractivity contribution in [1.29, 1.82) is 0 Å². The zero-order valence-corrected chi connectivity index (χ0v) is 11.9. The van der Waals surface area contributed by atoms with Gasteiger partial charge in [-0.1, -0.05) is 31.0 Å². The maximum absolute atomic E-state index is 10.0. The van der Waals surface area contributed by atoms with Gasteiger partial charge in [-0.2, -0.15) is 0 Å². The van der Waals surface area contributed by atoms with Crippen molar-refractivity contribution in [3.63, 3.8) is 0 Å². The summed E-state index contributed by atoms with van der Waals surface area (Å²) < 4.78 is 0. The van der Waals surface area contributed by atoms with Crippen LogP contribution in [0.25, 0.3) is 0 Å². The third-order valence-corrected chi connectivity index (χ3v) is 4.94. The minimum absolute atomic E-state index is 0.375. The SMILES string of the molecule is C[C@H](O)c1ccccc1N1CCC[C@H]2CCCC[C@H]21. The molecular formula is C17H25NO. The number of benzene rings is 1. The van der Waals surface area contributed by atoms with E-state index in [-0.39, 0.29) is 6.10 Å². The molecule has 2 aliphatic rings. The van der Waals surface area contributed by atoms with Crippen LogP contribution < -0.4 is 4.90 Å². The largest absolute Gasteiger partial charge is 0.389 e. The molecule has 3 rings (SSSR count). The van der Waals surface area contributed by atoms with Gasteiger partial charge in [0.1, 0.15) is 0 Å². The van der Waals surface area contributed by atoms with E-state index >= 15 is 0 Å². The van der Waals surface area contributed by atoms with Crippen LogP contribution in [0.1, 0.15) is 57.1 Å². The first-order chi connectivity index (χ1) is 9.27. The smallest absolute Gasteiger partial charge is 0.0781 e. The van der Waals surface area contributed by atoms with Gasteiger partial charge in [-0.25, -0.2) is 0 Å². The highest BCUT2D eigenvalue weighted by Gasteiger charge is 2.34. The average molecular weight is 259 g/mol. The molecule has 0 radical (unpaired) electrons. The molecular weight excluding hydrogens is 234 g/mol. The molecule has 0 bridgehead atoms. The van der Waals surface area contributed by atoms with Gasteiger partial charge in [0, 0.05) is 23.8 Å². The zero-order chi connectivity index (χ0) is 13.2. The minimum Gasteiger partial charge on any atom is -0.389 e. The summed E-state index contributed by atoms with van der Waals surface area (Å²) in [5.41, 5.74) is 2.36. The molecule has 1 aromatic carbocycles. The highest BCUT2D eigenvalue weighted by atomic mass is 16.3. The van der Waals surface area contributed by atoms with E-state index in [0.29, 0.717) is 6.04 Å². The molecule has 0 amide bonds. The Kier molecular flexibility index (Phi) is 3.79. The molecule has 19 heavy (non-hydrogen) atoms. The second-order valence-electron chi connectivity index (χ2n) is 6.18. The number of aliphatic hydroxyl groups excluding tert-OH is 1. The predicted molar refractivity (Wildman–Crippen MR) is 79.4 cm³/mol. The lowest BCUT2D eigenvalue weighted by molar-refractivity contribution is 0.197. The lowest BCUT2D eigenvalue weighted by Crippen LogP contribution is -2.47. The van der Waals surface area contributed by atoms with Gasteiger partial charge < -0.3 is 10.0 Å². The standard InChI is InChI=1S/C17H25NO/c1-13(19)15-9-3-5-11-17(15)18-12-6-8-14-7-2-4-10-16(14)18/h3,5,9,11,13-14,16,19H,2,4,6-8,10,12H2,1H3/t13-,14+,16+/m0/s1.